The first-order valence-corrected chi connectivity index (χ1v) is 7.40. The summed E-state index contributed by atoms with van der Waals surface area (Å²) < 4.78 is 0. The molecule has 0 radical (unpaired) electrons. The van der Waals surface area contributed by atoms with Crippen molar-refractivity contribution in [2.75, 3.05) is 19.6 Å². The van der Waals surface area contributed by atoms with Crippen LogP contribution in [0.2, 0.25) is 0 Å². The lowest BCUT2D eigenvalue weighted by atomic mass is 9.83. The van der Waals surface area contributed by atoms with Crippen LogP contribution in [0.1, 0.15) is 32.1 Å². The lowest BCUT2D eigenvalue weighted by Gasteiger charge is -2.45. The number of amides is 1. The molecule has 2 bridgehead atoms. The predicted octanol–water partition coefficient (Wildman–Crippen LogP) is 0.698. The van der Waals surface area contributed by atoms with E-state index in [1.165, 1.54) is 0 Å². The maximum Gasteiger partial charge on any atom is 0.307 e. The number of nitrogens with one attached hydrogen (secondary N) is 1. The van der Waals surface area contributed by atoms with E-state index in [9.17, 15) is 9.59 Å². The molecule has 5 heteroatoms. The van der Waals surface area contributed by atoms with Crippen LogP contribution in [0, 0.1) is 17.8 Å². The molecule has 1 amide bonds. The van der Waals surface area contributed by atoms with Crippen molar-refractivity contribution < 1.29 is 14.7 Å². The zero-order chi connectivity index (χ0) is 13.4. The SMILES string of the molecule is O=C(O)[C@H]1CCC[C@H]1C(=O)NC1CN2CCC1CC2. The van der Waals surface area contributed by atoms with E-state index in [0.717, 1.165) is 45.3 Å². The molecule has 106 valence electrons. The number of hydrogen-bond acceptors (Lipinski definition) is 3. The van der Waals surface area contributed by atoms with E-state index in [1.54, 1.807) is 0 Å². The van der Waals surface area contributed by atoms with Gasteiger partial charge in [-0.15, -0.1) is 0 Å². The number of hydrogen-bond donors (Lipinski definition) is 2. The molecular formula is C14H22N2O3. The Morgan fingerprint density at radius 2 is 1.74 bits per heavy atom. The lowest BCUT2D eigenvalue weighted by molar-refractivity contribution is -0.146. The molecule has 19 heavy (non-hydrogen) atoms. The summed E-state index contributed by atoms with van der Waals surface area (Å²) in [6, 6.07) is 0.241. The van der Waals surface area contributed by atoms with E-state index in [2.05, 4.69) is 10.2 Å². The molecule has 2 N–H and O–H groups in total. The van der Waals surface area contributed by atoms with Gasteiger partial charge in [0.2, 0.25) is 5.91 Å². The third-order valence-corrected chi connectivity index (χ3v) is 5.15. The van der Waals surface area contributed by atoms with Crippen LogP contribution in [0.3, 0.4) is 0 Å². The average Bonchev–Trinajstić information content (AvgIpc) is 2.89. The van der Waals surface area contributed by atoms with Gasteiger partial charge in [0, 0.05) is 12.6 Å². The topological polar surface area (TPSA) is 69.6 Å². The molecule has 0 spiro atoms. The molecule has 3 saturated heterocycles. The Morgan fingerprint density at radius 1 is 1.05 bits per heavy atom. The molecule has 0 aromatic heterocycles. The Balaban J connectivity index is 1.60. The second-order valence-corrected chi connectivity index (χ2v) is 6.24. The van der Waals surface area contributed by atoms with Gasteiger partial charge in [0.1, 0.15) is 0 Å². The fourth-order valence-corrected chi connectivity index (χ4v) is 3.99. The van der Waals surface area contributed by atoms with E-state index >= 15 is 0 Å². The van der Waals surface area contributed by atoms with Crippen LogP contribution >= 0.6 is 0 Å². The number of carbonyl (C=O) groups is 2. The Labute approximate surface area is 113 Å². The summed E-state index contributed by atoms with van der Waals surface area (Å²) in [4.78, 5) is 25.9. The Hall–Kier alpha value is -1.10. The van der Waals surface area contributed by atoms with Gasteiger partial charge < -0.3 is 15.3 Å². The number of nitrogens with zero attached hydrogens (tertiary/aromatic N) is 1. The summed E-state index contributed by atoms with van der Waals surface area (Å²) >= 11 is 0. The third-order valence-electron chi connectivity index (χ3n) is 5.15. The van der Waals surface area contributed by atoms with Crippen molar-refractivity contribution in [3.63, 3.8) is 0 Å². The highest BCUT2D eigenvalue weighted by Crippen LogP contribution is 2.33. The molecule has 1 aliphatic carbocycles. The van der Waals surface area contributed by atoms with Gasteiger partial charge in [0.15, 0.2) is 0 Å². The highest BCUT2D eigenvalue weighted by Gasteiger charge is 2.40. The molecule has 3 aliphatic heterocycles. The number of carboxylic acids is 1. The van der Waals surface area contributed by atoms with Crippen LogP contribution in [0.25, 0.3) is 0 Å². The molecule has 4 rings (SSSR count). The van der Waals surface area contributed by atoms with Gasteiger partial charge in [-0.1, -0.05) is 6.42 Å². The Kier molecular flexibility index (Phi) is 3.48. The van der Waals surface area contributed by atoms with Gasteiger partial charge in [0.05, 0.1) is 11.8 Å². The zero-order valence-electron chi connectivity index (χ0n) is 11.2. The first kappa shape index (κ1) is 12.9. The Morgan fingerprint density at radius 3 is 2.32 bits per heavy atom. The summed E-state index contributed by atoms with van der Waals surface area (Å²) in [6.45, 7) is 3.25. The predicted molar refractivity (Wildman–Crippen MR) is 69.6 cm³/mol. The van der Waals surface area contributed by atoms with Gasteiger partial charge in [-0.05, 0) is 44.7 Å². The third kappa shape index (κ3) is 2.48. The molecule has 0 aromatic rings. The molecule has 4 aliphatic rings. The molecule has 3 heterocycles. The maximum atomic E-state index is 12.3. The van der Waals surface area contributed by atoms with Gasteiger partial charge in [-0.2, -0.15) is 0 Å². The lowest BCUT2D eigenvalue weighted by Crippen LogP contribution is -2.58. The fourth-order valence-electron chi connectivity index (χ4n) is 3.99. The molecular weight excluding hydrogens is 244 g/mol. The number of fused-ring (bicyclic) bond motifs is 3. The standard InChI is InChI=1S/C14H22N2O3/c17-13(10-2-1-3-11(10)14(18)19)15-12-8-16-6-4-9(12)5-7-16/h9-12H,1-8H2,(H,15,17)(H,18,19)/t10-,11+,12?/m1/s1. The van der Waals surface area contributed by atoms with Crippen LogP contribution in [0.4, 0.5) is 0 Å². The number of rotatable bonds is 3. The van der Waals surface area contributed by atoms with Crippen LogP contribution in [-0.2, 0) is 9.59 Å². The average molecular weight is 266 g/mol. The smallest absolute Gasteiger partial charge is 0.307 e. The largest absolute Gasteiger partial charge is 0.481 e. The van der Waals surface area contributed by atoms with E-state index in [-0.39, 0.29) is 17.9 Å². The van der Waals surface area contributed by atoms with E-state index in [1.807, 2.05) is 0 Å². The maximum absolute atomic E-state index is 12.3. The van der Waals surface area contributed by atoms with Crippen molar-refractivity contribution in [3.05, 3.63) is 0 Å². The van der Waals surface area contributed by atoms with Crippen molar-refractivity contribution >= 4 is 11.9 Å². The minimum Gasteiger partial charge on any atom is -0.481 e. The van der Waals surface area contributed by atoms with Crippen LogP contribution in [0.15, 0.2) is 0 Å². The fraction of sp³-hybridized carbons (Fsp3) is 0.857. The van der Waals surface area contributed by atoms with Crippen molar-refractivity contribution in [2.45, 2.75) is 38.1 Å². The van der Waals surface area contributed by atoms with Crippen molar-refractivity contribution in [2.24, 2.45) is 17.8 Å². The van der Waals surface area contributed by atoms with Crippen LogP contribution in [-0.4, -0.2) is 47.6 Å². The molecule has 1 unspecified atom stereocenters. The second kappa shape index (κ2) is 5.12. The van der Waals surface area contributed by atoms with Gasteiger partial charge in [-0.3, -0.25) is 9.59 Å². The van der Waals surface area contributed by atoms with Crippen LogP contribution < -0.4 is 5.32 Å². The number of carbonyl (C=O) groups excluding carboxylic acids is 1. The van der Waals surface area contributed by atoms with Crippen LogP contribution in [0.5, 0.6) is 0 Å². The quantitative estimate of drug-likeness (QED) is 0.789. The minimum absolute atomic E-state index is 0.0244. The molecule has 1 saturated carbocycles. The molecule has 5 nitrogen and oxygen atoms in total. The zero-order valence-corrected chi connectivity index (χ0v) is 11.2. The first-order chi connectivity index (χ1) is 9.15. The summed E-state index contributed by atoms with van der Waals surface area (Å²) in [5, 5.41) is 12.3. The van der Waals surface area contributed by atoms with Crippen molar-refractivity contribution in [1.29, 1.82) is 0 Å². The normalized spacial score (nSPS) is 41.2. The Bertz CT molecular complexity index is 377. The van der Waals surface area contributed by atoms with Crippen molar-refractivity contribution in [3.8, 4) is 0 Å². The van der Waals surface area contributed by atoms with Gasteiger partial charge in [0.25, 0.3) is 0 Å². The highest BCUT2D eigenvalue weighted by molar-refractivity contribution is 5.85. The first-order valence-electron chi connectivity index (χ1n) is 7.40. The van der Waals surface area contributed by atoms with Gasteiger partial charge in [-0.25, -0.2) is 0 Å². The van der Waals surface area contributed by atoms with E-state index < -0.39 is 11.9 Å². The van der Waals surface area contributed by atoms with Gasteiger partial charge >= 0.3 is 5.97 Å². The second-order valence-electron chi connectivity index (χ2n) is 6.24. The van der Waals surface area contributed by atoms with E-state index in [0.29, 0.717) is 12.3 Å². The number of piperidine rings is 3. The molecule has 0 aromatic carbocycles. The summed E-state index contributed by atoms with van der Waals surface area (Å²) in [5.41, 5.74) is 0. The summed E-state index contributed by atoms with van der Waals surface area (Å²) in [7, 11) is 0. The monoisotopic (exact) mass is 266 g/mol. The minimum atomic E-state index is -0.813. The number of aliphatic carboxylic acids is 1. The van der Waals surface area contributed by atoms with E-state index in [4.69, 9.17) is 5.11 Å². The van der Waals surface area contributed by atoms with Crippen molar-refractivity contribution in [1.82, 2.24) is 10.2 Å². The summed E-state index contributed by atoms with van der Waals surface area (Å²) in [6.07, 6.45) is 4.56. The highest BCUT2D eigenvalue weighted by atomic mass is 16.4. The molecule has 4 fully saturated rings. The molecule has 3 atom stereocenters. The summed E-state index contributed by atoms with van der Waals surface area (Å²) in [5.74, 6) is -1.03. The number of carboxylic acid groups (broad SMARTS) is 1.